The normalized spacial score (nSPS) is 19.5. The molecule has 3 rings (SSSR count). The molecule has 1 aromatic heterocycles. The van der Waals surface area contributed by atoms with Gasteiger partial charge in [-0.05, 0) is 38.5 Å². The number of carbonyl (C=O) groups is 1. The van der Waals surface area contributed by atoms with E-state index in [-0.39, 0.29) is 6.61 Å². The quantitative estimate of drug-likeness (QED) is 0.682. The van der Waals surface area contributed by atoms with Gasteiger partial charge < -0.3 is 15.5 Å². The first kappa shape index (κ1) is 17.2. The second-order valence-electron chi connectivity index (χ2n) is 6.09. The number of thioether (sulfide) groups is 1. The number of carboxylic acid groups (broad SMARTS) is 1. The zero-order valence-electron chi connectivity index (χ0n) is 13.4. The van der Waals surface area contributed by atoms with Crippen molar-refractivity contribution < 1.29 is 15.0 Å². The molecule has 0 saturated heterocycles. The van der Waals surface area contributed by atoms with Gasteiger partial charge in [-0.25, -0.2) is 9.78 Å². The van der Waals surface area contributed by atoms with Crippen LogP contribution < -0.4 is 5.32 Å². The average molecular weight is 365 g/mol. The Kier molecular flexibility index (Phi) is 4.80. The van der Waals surface area contributed by atoms with Gasteiger partial charge in [-0.2, -0.15) is 0 Å². The minimum absolute atomic E-state index is 0.164. The van der Waals surface area contributed by atoms with E-state index in [4.69, 9.17) is 5.11 Å². The summed E-state index contributed by atoms with van der Waals surface area (Å²) < 4.78 is 0.551. The second-order valence-corrected chi connectivity index (χ2v) is 8.76. The number of aliphatic hydroxyl groups is 1. The van der Waals surface area contributed by atoms with E-state index in [1.54, 1.807) is 0 Å². The molecule has 128 valence electrons. The highest BCUT2D eigenvalue weighted by atomic mass is 32.2. The number of thiazole rings is 1. The zero-order valence-corrected chi connectivity index (χ0v) is 15.1. The van der Waals surface area contributed by atoms with Gasteiger partial charge in [0, 0.05) is 23.6 Å². The number of aliphatic carboxylic acids is 1. The fourth-order valence-electron chi connectivity index (χ4n) is 2.49. The molecule has 24 heavy (non-hydrogen) atoms. The van der Waals surface area contributed by atoms with Crippen molar-refractivity contribution in [3.63, 3.8) is 0 Å². The lowest BCUT2D eigenvalue weighted by Crippen LogP contribution is -2.34. The van der Waals surface area contributed by atoms with E-state index in [1.807, 2.05) is 32.0 Å². The lowest BCUT2D eigenvalue weighted by molar-refractivity contribution is -0.138. The SMILES string of the molecule is CC1(C)SC(c2nc3ccc(NCCCO)cc3s2)=N[C@H]1C(=O)O. The second kappa shape index (κ2) is 6.70. The maximum Gasteiger partial charge on any atom is 0.329 e. The van der Waals surface area contributed by atoms with Crippen LogP contribution in [0.5, 0.6) is 0 Å². The predicted octanol–water partition coefficient (Wildman–Crippen LogP) is 2.82. The summed E-state index contributed by atoms with van der Waals surface area (Å²) in [6, 6.07) is 5.17. The van der Waals surface area contributed by atoms with E-state index in [2.05, 4.69) is 15.3 Å². The number of nitrogens with zero attached hydrogens (tertiary/aromatic N) is 2. The number of hydrogen-bond donors (Lipinski definition) is 3. The Bertz CT molecular complexity index is 801. The van der Waals surface area contributed by atoms with E-state index in [9.17, 15) is 9.90 Å². The molecule has 3 N–H and O–H groups in total. The number of fused-ring (bicyclic) bond motifs is 1. The van der Waals surface area contributed by atoms with Gasteiger partial charge in [0.15, 0.2) is 6.04 Å². The zero-order chi connectivity index (χ0) is 17.3. The number of rotatable bonds is 6. The summed E-state index contributed by atoms with van der Waals surface area (Å²) in [5.74, 6) is -0.904. The molecule has 1 atom stereocenters. The first-order valence-electron chi connectivity index (χ1n) is 7.66. The lowest BCUT2D eigenvalue weighted by Gasteiger charge is -2.19. The minimum atomic E-state index is -0.904. The standard InChI is InChI=1S/C16H19N3O3S2/c1-16(2)12(15(21)22)19-14(24-16)13-18-10-5-4-9(8-11(10)23-13)17-6-3-7-20/h4-5,8,12,17,20H,3,6-7H2,1-2H3,(H,21,22)/t12-/m0/s1. The van der Waals surface area contributed by atoms with Gasteiger partial charge in [-0.3, -0.25) is 4.99 Å². The van der Waals surface area contributed by atoms with E-state index >= 15 is 0 Å². The molecular weight excluding hydrogens is 346 g/mol. The topological polar surface area (TPSA) is 94.8 Å². The maximum atomic E-state index is 11.4. The molecule has 0 radical (unpaired) electrons. The highest BCUT2D eigenvalue weighted by Crippen LogP contribution is 2.41. The first-order valence-corrected chi connectivity index (χ1v) is 9.29. The number of aliphatic hydroxyl groups excluding tert-OH is 1. The van der Waals surface area contributed by atoms with Crippen molar-refractivity contribution in [3.05, 3.63) is 23.2 Å². The number of benzene rings is 1. The molecule has 0 saturated carbocycles. The molecule has 0 bridgehead atoms. The summed E-state index contributed by atoms with van der Waals surface area (Å²) in [6.07, 6.45) is 0.699. The summed E-state index contributed by atoms with van der Waals surface area (Å²) in [5.41, 5.74) is 1.86. The summed E-state index contributed by atoms with van der Waals surface area (Å²) in [4.78, 5) is 20.3. The molecule has 1 aliphatic rings. The Morgan fingerprint density at radius 2 is 2.21 bits per heavy atom. The highest BCUT2D eigenvalue weighted by Gasteiger charge is 2.43. The molecule has 0 fully saturated rings. The Morgan fingerprint density at radius 3 is 2.88 bits per heavy atom. The molecule has 1 aliphatic heterocycles. The lowest BCUT2D eigenvalue weighted by atomic mass is 10.0. The van der Waals surface area contributed by atoms with Crippen molar-refractivity contribution in [1.82, 2.24) is 4.98 Å². The van der Waals surface area contributed by atoms with Gasteiger partial charge in [0.05, 0.1) is 10.2 Å². The summed E-state index contributed by atoms with van der Waals surface area (Å²) in [6.45, 7) is 4.66. The number of hydrogen-bond acceptors (Lipinski definition) is 7. The largest absolute Gasteiger partial charge is 0.480 e. The van der Waals surface area contributed by atoms with E-state index in [0.29, 0.717) is 18.0 Å². The van der Waals surface area contributed by atoms with Crippen LogP contribution in [-0.4, -0.2) is 50.2 Å². The van der Waals surface area contributed by atoms with Crippen molar-refractivity contribution in [2.24, 2.45) is 4.99 Å². The molecule has 2 heterocycles. The van der Waals surface area contributed by atoms with Crippen molar-refractivity contribution in [2.45, 2.75) is 31.1 Å². The van der Waals surface area contributed by atoms with Crippen LogP contribution in [-0.2, 0) is 4.79 Å². The third-order valence-corrected chi connectivity index (χ3v) is 6.13. The molecule has 0 amide bonds. The van der Waals surface area contributed by atoms with Crippen LogP contribution in [0.15, 0.2) is 23.2 Å². The van der Waals surface area contributed by atoms with Gasteiger partial charge in [-0.15, -0.1) is 11.3 Å². The van der Waals surface area contributed by atoms with Crippen LogP contribution >= 0.6 is 23.1 Å². The minimum Gasteiger partial charge on any atom is -0.480 e. The van der Waals surface area contributed by atoms with Gasteiger partial charge in [-0.1, -0.05) is 11.8 Å². The number of aromatic nitrogens is 1. The summed E-state index contributed by atoms with van der Waals surface area (Å²) in [7, 11) is 0. The summed E-state index contributed by atoms with van der Waals surface area (Å²) in [5, 5.41) is 22.9. The average Bonchev–Trinajstić information content (AvgIpc) is 3.07. The predicted molar refractivity (Wildman–Crippen MR) is 99.4 cm³/mol. The molecular formula is C16H19N3O3S2. The van der Waals surface area contributed by atoms with E-state index in [1.165, 1.54) is 23.1 Å². The fraction of sp³-hybridized carbons (Fsp3) is 0.438. The summed E-state index contributed by atoms with van der Waals surface area (Å²) >= 11 is 2.98. The van der Waals surface area contributed by atoms with Crippen molar-refractivity contribution in [3.8, 4) is 0 Å². The molecule has 2 aromatic rings. The van der Waals surface area contributed by atoms with Crippen LogP contribution in [0.3, 0.4) is 0 Å². The van der Waals surface area contributed by atoms with E-state index in [0.717, 1.165) is 20.9 Å². The smallest absolute Gasteiger partial charge is 0.329 e. The Morgan fingerprint density at radius 1 is 1.42 bits per heavy atom. The van der Waals surface area contributed by atoms with Crippen molar-refractivity contribution in [2.75, 3.05) is 18.5 Å². The number of nitrogens with one attached hydrogen (secondary N) is 1. The maximum absolute atomic E-state index is 11.4. The van der Waals surface area contributed by atoms with Crippen LogP contribution in [0, 0.1) is 0 Å². The third-order valence-electron chi connectivity index (χ3n) is 3.73. The van der Waals surface area contributed by atoms with Crippen LogP contribution in [0.1, 0.15) is 25.3 Å². The van der Waals surface area contributed by atoms with Crippen molar-refractivity contribution in [1.29, 1.82) is 0 Å². The Balaban J connectivity index is 1.86. The van der Waals surface area contributed by atoms with Gasteiger partial charge in [0.25, 0.3) is 0 Å². The highest BCUT2D eigenvalue weighted by molar-refractivity contribution is 8.16. The van der Waals surface area contributed by atoms with Gasteiger partial charge >= 0.3 is 5.97 Å². The Labute approximate surface area is 148 Å². The van der Waals surface area contributed by atoms with Crippen molar-refractivity contribution >= 4 is 50.0 Å². The van der Waals surface area contributed by atoms with Crippen LogP contribution in [0.25, 0.3) is 10.2 Å². The van der Waals surface area contributed by atoms with Crippen LogP contribution in [0.2, 0.25) is 0 Å². The third kappa shape index (κ3) is 3.40. The number of aliphatic imine (C=N–C) groups is 1. The molecule has 0 aliphatic carbocycles. The van der Waals surface area contributed by atoms with Crippen LogP contribution in [0.4, 0.5) is 5.69 Å². The van der Waals surface area contributed by atoms with Gasteiger partial charge in [0.1, 0.15) is 10.1 Å². The number of carboxylic acids is 1. The Hall–Kier alpha value is -1.64. The molecule has 0 spiro atoms. The molecule has 1 aromatic carbocycles. The van der Waals surface area contributed by atoms with Gasteiger partial charge in [0.2, 0.25) is 0 Å². The molecule has 0 unspecified atom stereocenters. The molecule has 8 heteroatoms. The molecule has 6 nitrogen and oxygen atoms in total. The van der Waals surface area contributed by atoms with E-state index < -0.39 is 16.8 Å². The number of anilines is 1. The fourth-order valence-corrected chi connectivity index (χ4v) is 4.69. The monoisotopic (exact) mass is 365 g/mol. The first-order chi connectivity index (χ1) is 11.4.